The van der Waals surface area contributed by atoms with Crippen molar-refractivity contribution >= 4 is 11.6 Å². The first-order valence-electron chi connectivity index (χ1n) is 6.39. The molecule has 2 N–H and O–H groups in total. The Bertz CT molecular complexity index is 551. The summed E-state index contributed by atoms with van der Waals surface area (Å²) in [4.78, 5) is 0. The molecule has 0 aromatic heterocycles. The average Bonchev–Trinajstić information content (AvgIpc) is 2.42. The van der Waals surface area contributed by atoms with Gasteiger partial charge in [0.2, 0.25) is 0 Å². The number of ether oxygens (including phenoxy) is 1. The van der Waals surface area contributed by atoms with Crippen LogP contribution in [0.25, 0.3) is 0 Å². The fourth-order valence-corrected chi connectivity index (χ4v) is 2.10. The average molecular weight is 276 g/mol. The summed E-state index contributed by atoms with van der Waals surface area (Å²) in [5.74, 6) is 1.62. The van der Waals surface area contributed by atoms with Crippen molar-refractivity contribution < 1.29 is 4.74 Å². The van der Waals surface area contributed by atoms with E-state index in [1.165, 1.54) is 0 Å². The third kappa shape index (κ3) is 3.49. The van der Waals surface area contributed by atoms with Gasteiger partial charge in [-0.1, -0.05) is 30.7 Å². The van der Waals surface area contributed by atoms with Crippen molar-refractivity contribution in [1.82, 2.24) is 0 Å². The molecule has 1 atom stereocenters. The fourth-order valence-electron chi connectivity index (χ4n) is 1.87. The molecular formula is C16H18ClNO. The van der Waals surface area contributed by atoms with Crippen LogP contribution in [0.15, 0.2) is 42.5 Å². The highest BCUT2D eigenvalue weighted by atomic mass is 35.5. The topological polar surface area (TPSA) is 35.2 Å². The van der Waals surface area contributed by atoms with Crippen LogP contribution in [0.5, 0.6) is 11.5 Å². The SMILES string of the molecule is CC[C@H](N)c1ccc(Oc2ccc(Cl)cc2C)cc1. The Kier molecular flexibility index (Phi) is 4.46. The van der Waals surface area contributed by atoms with Gasteiger partial charge in [0.05, 0.1) is 0 Å². The Morgan fingerprint density at radius 2 is 1.84 bits per heavy atom. The van der Waals surface area contributed by atoms with Crippen LogP contribution in [-0.4, -0.2) is 0 Å². The molecule has 0 saturated carbocycles. The number of halogens is 1. The molecule has 0 unspecified atom stereocenters. The molecule has 0 aliphatic carbocycles. The van der Waals surface area contributed by atoms with E-state index in [2.05, 4.69) is 6.92 Å². The van der Waals surface area contributed by atoms with Gasteiger partial charge in [0.15, 0.2) is 0 Å². The minimum absolute atomic E-state index is 0.0892. The van der Waals surface area contributed by atoms with Gasteiger partial charge in [-0.15, -0.1) is 0 Å². The summed E-state index contributed by atoms with van der Waals surface area (Å²) >= 11 is 5.92. The zero-order valence-electron chi connectivity index (χ0n) is 11.2. The second-order valence-corrected chi connectivity index (χ2v) is 5.03. The maximum Gasteiger partial charge on any atom is 0.130 e. The van der Waals surface area contributed by atoms with Crippen molar-refractivity contribution in [2.45, 2.75) is 26.3 Å². The highest BCUT2D eigenvalue weighted by Gasteiger charge is 2.05. The van der Waals surface area contributed by atoms with Crippen LogP contribution in [0.3, 0.4) is 0 Å². The van der Waals surface area contributed by atoms with Crippen LogP contribution in [-0.2, 0) is 0 Å². The van der Waals surface area contributed by atoms with Crippen molar-refractivity contribution in [3.05, 3.63) is 58.6 Å². The van der Waals surface area contributed by atoms with E-state index in [1.807, 2.05) is 49.4 Å². The first kappa shape index (κ1) is 13.9. The Morgan fingerprint density at radius 3 is 2.42 bits per heavy atom. The Morgan fingerprint density at radius 1 is 1.16 bits per heavy atom. The predicted molar refractivity (Wildman–Crippen MR) is 79.9 cm³/mol. The highest BCUT2D eigenvalue weighted by Crippen LogP contribution is 2.28. The molecule has 0 aliphatic rings. The Labute approximate surface area is 119 Å². The van der Waals surface area contributed by atoms with Gasteiger partial charge in [-0.2, -0.15) is 0 Å². The van der Waals surface area contributed by atoms with E-state index in [9.17, 15) is 0 Å². The quantitative estimate of drug-likeness (QED) is 0.866. The van der Waals surface area contributed by atoms with E-state index in [-0.39, 0.29) is 6.04 Å². The Hall–Kier alpha value is -1.51. The van der Waals surface area contributed by atoms with Gasteiger partial charge in [0.1, 0.15) is 11.5 Å². The molecule has 0 amide bonds. The first-order valence-corrected chi connectivity index (χ1v) is 6.77. The molecule has 2 rings (SSSR count). The molecular weight excluding hydrogens is 258 g/mol. The maximum absolute atomic E-state index is 5.98. The van der Waals surface area contributed by atoms with Crippen LogP contribution >= 0.6 is 11.6 Å². The van der Waals surface area contributed by atoms with E-state index in [0.717, 1.165) is 29.0 Å². The van der Waals surface area contributed by atoms with Crippen molar-refractivity contribution in [3.8, 4) is 11.5 Å². The van der Waals surface area contributed by atoms with Gasteiger partial charge >= 0.3 is 0 Å². The van der Waals surface area contributed by atoms with Gasteiger partial charge in [0, 0.05) is 11.1 Å². The monoisotopic (exact) mass is 275 g/mol. The van der Waals surface area contributed by atoms with E-state index in [4.69, 9.17) is 22.1 Å². The molecule has 19 heavy (non-hydrogen) atoms. The molecule has 2 aromatic carbocycles. The zero-order valence-corrected chi connectivity index (χ0v) is 11.9. The van der Waals surface area contributed by atoms with E-state index >= 15 is 0 Å². The lowest BCUT2D eigenvalue weighted by Gasteiger charge is -2.12. The summed E-state index contributed by atoms with van der Waals surface area (Å²) in [6, 6.07) is 13.6. The summed E-state index contributed by atoms with van der Waals surface area (Å²) in [7, 11) is 0. The van der Waals surface area contributed by atoms with Crippen molar-refractivity contribution in [3.63, 3.8) is 0 Å². The number of hydrogen-bond acceptors (Lipinski definition) is 2. The molecule has 0 heterocycles. The third-order valence-electron chi connectivity index (χ3n) is 3.11. The second kappa shape index (κ2) is 6.09. The second-order valence-electron chi connectivity index (χ2n) is 4.60. The first-order chi connectivity index (χ1) is 9.10. The van der Waals surface area contributed by atoms with Crippen LogP contribution in [0.2, 0.25) is 5.02 Å². The molecule has 0 fully saturated rings. The number of rotatable bonds is 4. The van der Waals surface area contributed by atoms with E-state index < -0.39 is 0 Å². The third-order valence-corrected chi connectivity index (χ3v) is 3.35. The van der Waals surface area contributed by atoms with Gasteiger partial charge in [0.25, 0.3) is 0 Å². The molecule has 100 valence electrons. The summed E-state index contributed by atoms with van der Waals surface area (Å²) in [6.07, 6.45) is 0.927. The smallest absolute Gasteiger partial charge is 0.130 e. The molecule has 0 bridgehead atoms. The summed E-state index contributed by atoms with van der Waals surface area (Å²) < 4.78 is 5.83. The lowest BCUT2D eigenvalue weighted by Crippen LogP contribution is -2.08. The summed E-state index contributed by atoms with van der Waals surface area (Å²) in [5.41, 5.74) is 8.13. The molecule has 2 nitrogen and oxygen atoms in total. The van der Waals surface area contributed by atoms with E-state index in [0.29, 0.717) is 5.02 Å². The lowest BCUT2D eigenvalue weighted by atomic mass is 10.1. The molecule has 0 aliphatic heterocycles. The summed E-state index contributed by atoms with van der Waals surface area (Å²) in [6.45, 7) is 4.05. The van der Waals surface area contributed by atoms with Crippen LogP contribution < -0.4 is 10.5 Å². The van der Waals surface area contributed by atoms with Gasteiger partial charge < -0.3 is 10.5 Å². The highest BCUT2D eigenvalue weighted by molar-refractivity contribution is 6.30. The van der Waals surface area contributed by atoms with Gasteiger partial charge in [-0.3, -0.25) is 0 Å². The number of nitrogens with two attached hydrogens (primary N) is 1. The molecule has 0 spiro atoms. The van der Waals surface area contributed by atoms with Crippen molar-refractivity contribution in [2.24, 2.45) is 5.73 Å². The number of benzene rings is 2. The van der Waals surface area contributed by atoms with Crippen molar-refractivity contribution in [2.75, 3.05) is 0 Å². The molecule has 2 aromatic rings. The number of hydrogen-bond donors (Lipinski definition) is 1. The standard InChI is InChI=1S/C16H18ClNO/c1-3-15(18)12-4-7-14(8-5-12)19-16-9-6-13(17)10-11(16)2/h4-10,15H,3,18H2,1-2H3/t15-/m0/s1. The van der Waals surface area contributed by atoms with Gasteiger partial charge in [-0.05, 0) is 54.8 Å². The Balaban J connectivity index is 2.15. The molecule has 3 heteroatoms. The normalized spacial score (nSPS) is 12.2. The predicted octanol–water partition coefficient (Wildman–Crippen LogP) is 4.85. The van der Waals surface area contributed by atoms with Crippen LogP contribution in [0, 0.1) is 6.92 Å². The van der Waals surface area contributed by atoms with Crippen molar-refractivity contribution in [1.29, 1.82) is 0 Å². The largest absolute Gasteiger partial charge is 0.457 e. The van der Waals surface area contributed by atoms with E-state index in [1.54, 1.807) is 0 Å². The lowest BCUT2D eigenvalue weighted by molar-refractivity contribution is 0.478. The van der Waals surface area contributed by atoms with Gasteiger partial charge in [-0.25, -0.2) is 0 Å². The minimum Gasteiger partial charge on any atom is -0.457 e. The molecule has 0 radical (unpaired) electrons. The fraction of sp³-hybridized carbons (Fsp3) is 0.250. The van der Waals surface area contributed by atoms with Crippen LogP contribution in [0.1, 0.15) is 30.5 Å². The minimum atomic E-state index is 0.0892. The number of aryl methyl sites for hydroxylation is 1. The summed E-state index contributed by atoms with van der Waals surface area (Å²) in [5, 5.41) is 0.717. The van der Waals surface area contributed by atoms with Crippen LogP contribution in [0.4, 0.5) is 0 Å². The molecule has 0 saturated heterocycles. The zero-order chi connectivity index (χ0) is 13.8. The maximum atomic E-state index is 5.98.